The van der Waals surface area contributed by atoms with Gasteiger partial charge in [0.2, 0.25) is 0 Å². The lowest BCUT2D eigenvalue weighted by Gasteiger charge is -1.83. The number of para-hydroxylation sites is 1. The first-order valence-electron chi connectivity index (χ1n) is 4.61. The van der Waals surface area contributed by atoms with Gasteiger partial charge >= 0.3 is 0 Å². The number of nitrogens with two attached hydrogens (primary N) is 1. The van der Waals surface area contributed by atoms with Gasteiger partial charge in [-0.2, -0.15) is 0 Å². The number of benzene rings is 1. The van der Waals surface area contributed by atoms with Gasteiger partial charge in [-0.1, -0.05) is 51.3 Å². The summed E-state index contributed by atoms with van der Waals surface area (Å²) in [5.41, 5.74) is 6.18. The second kappa shape index (κ2) is 11.3. The van der Waals surface area contributed by atoms with Crippen LogP contribution in [0.15, 0.2) is 30.3 Å². The molecule has 0 unspecified atom stereocenters. The summed E-state index contributed by atoms with van der Waals surface area (Å²) in [6.45, 7) is 4.42. The highest BCUT2D eigenvalue weighted by Crippen LogP contribution is 1.95. The van der Waals surface area contributed by atoms with Gasteiger partial charge in [0.15, 0.2) is 0 Å². The first-order chi connectivity index (χ1) is 5.81. The van der Waals surface area contributed by atoms with Crippen molar-refractivity contribution in [2.75, 3.05) is 5.73 Å². The standard InChI is InChI=1S/C6H7N.C5H12.ClH/c7-6-4-2-1-3-5-6;1-3-5-4-2;/h1-5H,7H2;3-5H2,1-2H3;1H. The fraction of sp³-hybridized carbons (Fsp3) is 0.455. The second-order valence-electron chi connectivity index (χ2n) is 2.76. The average Bonchev–Trinajstić information content (AvgIpc) is 2.08. The fourth-order valence-electron chi connectivity index (χ4n) is 0.807. The Balaban J connectivity index is 0. The highest BCUT2D eigenvalue weighted by Gasteiger charge is 1.72. The van der Waals surface area contributed by atoms with Crippen LogP contribution in [0.3, 0.4) is 0 Å². The van der Waals surface area contributed by atoms with E-state index in [2.05, 4.69) is 13.8 Å². The highest BCUT2D eigenvalue weighted by atomic mass is 35.5. The molecule has 0 aliphatic rings. The van der Waals surface area contributed by atoms with Gasteiger partial charge in [0.05, 0.1) is 0 Å². The van der Waals surface area contributed by atoms with E-state index in [-0.39, 0.29) is 12.4 Å². The zero-order chi connectivity index (χ0) is 9.23. The van der Waals surface area contributed by atoms with Crippen LogP contribution < -0.4 is 5.73 Å². The van der Waals surface area contributed by atoms with Crippen LogP contribution in [0.2, 0.25) is 0 Å². The summed E-state index contributed by atoms with van der Waals surface area (Å²) >= 11 is 0. The van der Waals surface area contributed by atoms with Crippen molar-refractivity contribution < 1.29 is 0 Å². The number of hydrogen-bond acceptors (Lipinski definition) is 1. The smallest absolute Gasteiger partial charge is 0.0313 e. The molecule has 2 N–H and O–H groups in total. The highest BCUT2D eigenvalue weighted by molar-refractivity contribution is 5.85. The van der Waals surface area contributed by atoms with Crippen LogP contribution in [0.4, 0.5) is 5.69 Å². The van der Waals surface area contributed by atoms with Gasteiger partial charge in [0.1, 0.15) is 0 Å². The van der Waals surface area contributed by atoms with Crippen molar-refractivity contribution in [3.05, 3.63) is 30.3 Å². The molecule has 0 aromatic heterocycles. The Bertz CT molecular complexity index is 173. The summed E-state index contributed by atoms with van der Waals surface area (Å²) in [6.07, 6.45) is 4.08. The van der Waals surface area contributed by atoms with Crippen molar-refractivity contribution in [2.45, 2.75) is 33.1 Å². The lowest BCUT2D eigenvalue weighted by Crippen LogP contribution is -1.79. The third-order valence-corrected chi connectivity index (χ3v) is 1.51. The average molecular weight is 202 g/mol. The van der Waals surface area contributed by atoms with Gasteiger partial charge in [0, 0.05) is 5.69 Å². The predicted molar refractivity (Wildman–Crippen MR) is 63.3 cm³/mol. The quantitative estimate of drug-likeness (QED) is 0.722. The zero-order valence-electron chi connectivity index (χ0n) is 8.49. The minimum atomic E-state index is 0. The maximum absolute atomic E-state index is 5.36. The summed E-state index contributed by atoms with van der Waals surface area (Å²) in [6, 6.07) is 9.49. The van der Waals surface area contributed by atoms with Crippen LogP contribution in [0, 0.1) is 0 Å². The van der Waals surface area contributed by atoms with Crippen molar-refractivity contribution in [3.63, 3.8) is 0 Å². The van der Waals surface area contributed by atoms with E-state index in [0.29, 0.717) is 0 Å². The van der Waals surface area contributed by atoms with Gasteiger partial charge in [0.25, 0.3) is 0 Å². The number of unbranched alkanes of at least 4 members (excludes halogenated alkanes) is 2. The van der Waals surface area contributed by atoms with Crippen LogP contribution in [-0.4, -0.2) is 0 Å². The molecule has 0 aliphatic carbocycles. The molecule has 0 spiro atoms. The molecule has 1 nitrogen and oxygen atoms in total. The van der Waals surface area contributed by atoms with E-state index in [9.17, 15) is 0 Å². The maximum Gasteiger partial charge on any atom is 0.0313 e. The van der Waals surface area contributed by atoms with Crippen LogP contribution in [0.1, 0.15) is 33.1 Å². The van der Waals surface area contributed by atoms with Crippen molar-refractivity contribution >= 4 is 18.1 Å². The Morgan fingerprint density at radius 3 is 1.62 bits per heavy atom. The van der Waals surface area contributed by atoms with Crippen LogP contribution in [0.5, 0.6) is 0 Å². The summed E-state index contributed by atoms with van der Waals surface area (Å²) in [4.78, 5) is 0. The van der Waals surface area contributed by atoms with Gasteiger partial charge < -0.3 is 5.73 Å². The first kappa shape index (κ1) is 14.8. The maximum atomic E-state index is 5.36. The molecule has 76 valence electrons. The van der Waals surface area contributed by atoms with Crippen LogP contribution in [-0.2, 0) is 0 Å². The van der Waals surface area contributed by atoms with E-state index in [1.165, 1.54) is 19.3 Å². The molecule has 0 bridgehead atoms. The molecule has 0 aliphatic heterocycles. The lowest BCUT2D eigenvalue weighted by molar-refractivity contribution is 0.772. The van der Waals surface area contributed by atoms with Crippen molar-refractivity contribution in [3.8, 4) is 0 Å². The fourth-order valence-corrected chi connectivity index (χ4v) is 0.807. The molecule has 0 radical (unpaired) electrons. The zero-order valence-corrected chi connectivity index (χ0v) is 9.31. The second-order valence-corrected chi connectivity index (χ2v) is 2.76. The number of halogens is 1. The topological polar surface area (TPSA) is 26.0 Å². The minimum absolute atomic E-state index is 0. The number of rotatable bonds is 2. The number of anilines is 1. The number of hydrogen-bond donors (Lipinski definition) is 1. The van der Waals surface area contributed by atoms with Crippen molar-refractivity contribution in [1.29, 1.82) is 0 Å². The summed E-state index contributed by atoms with van der Waals surface area (Å²) < 4.78 is 0. The molecular weight excluding hydrogens is 182 g/mol. The van der Waals surface area contributed by atoms with E-state index < -0.39 is 0 Å². The Morgan fingerprint density at radius 1 is 1.00 bits per heavy atom. The summed E-state index contributed by atoms with van der Waals surface area (Å²) in [5.74, 6) is 0. The summed E-state index contributed by atoms with van der Waals surface area (Å²) in [7, 11) is 0. The third kappa shape index (κ3) is 11.3. The van der Waals surface area contributed by atoms with Gasteiger partial charge in [-0.15, -0.1) is 12.4 Å². The molecule has 0 saturated carbocycles. The molecule has 0 saturated heterocycles. The predicted octanol–water partition coefficient (Wildman–Crippen LogP) is 3.89. The SMILES string of the molecule is CCCCC.Cl.Nc1ccccc1. The lowest BCUT2D eigenvalue weighted by atomic mass is 10.3. The molecule has 0 amide bonds. The molecule has 2 heteroatoms. The van der Waals surface area contributed by atoms with Gasteiger partial charge in [-0.25, -0.2) is 0 Å². The van der Waals surface area contributed by atoms with E-state index >= 15 is 0 Å². The molecule has 1 rings (SSSR count). The molecular formula is C11H20ClN. The van der Waals surface area contributed by atoms with E-state index in [1.54, 1.807) is 0 Å². The molecule has 1 aromatic rings. The molecule has 0 atom stereocenters. The Labute approximate surface area is 87.8 Å². The van der Waals surface area contributed by atoms with Gasteiger partial charge in [-0.05, 0) is 12.1 Å². The normalized spacial score (nSPS) is 7.85. The first-order valence-corrected chi connectivity index (χ1v) is 4.61. The van der Waals surface area contributed by atoms with E-state index in [1.807, 2.05) is 30.3 Å². The van der Waals surface area contributed by atoms with Crippen LogP contribution in [0.25, 0.3) is 0 Å². The van der Waals surface area contributed by atoms with E-state index in [0.717, 1.165) is 5.69 Å². The van der Waals surface area contributed by atoms with Gasteiger partial charge in [-0.3, -0.25) is 0 Å². The summed E-state index contributed by atoms with van der Waals surface area (Å²) in [5, 5.41) is 0. The van der Waals surface area contributed by atoms with Crippen LogP contribution >= 0.6 is 12.4 Å². The molecule has 0 heterocycles. The Hall–Kier alpha value is -0.690. The number of nitrogen functional groups attached to an aromatic ring is 1. The minimum Gasteiger partial charge on any atom is -0.399 e. The molecule has 1 aromatic carbocycles. The van der Waals surface area contributed by atoms with Crippen molar-refractivity contribution in [2.24, 2.45) is 0 Å². The monoisotopic (exact) mass is 201 g/mol. The molecule has 13 heavy (non-hydrogen) atoms. The Kier molecular flexibility index (Phi) is 12.9. The largest absolute Gasteiger partial charge is 0.399 e. The third-order valence-electron chi connectivity index (χ3n) is 1.51. The van der Waals surface area contributed by atoms with Crippen molar-refractivity contribution in [1.82, 2.24) is 0 Å². The Morgan fingerprint density at radius 2 is 1.46 bits per heavy atom. The molecule has 0 fully saturated rings. The van der Waals surface area contributed by atoms with E-state index in [4.69, 9.17) is 5.73 Å².